The van der Waals surface area contributed by atoms with Gasteiger partial charge in [-0.3, -0.25) is 4.98 Å². The molecule has 1 aromatic heterocycles. The maximum atomic E-state index is 4.09. The number of hydrogen-bond donors (Lipinski definition) is 1. The zero-order valence-corrected chi connectivity index (χ0v) is 8.39. The number of nitrogens with zero attached hydrogens (tertiary/aromatic N) is 1. The molecular formula is C10H14N2S. The molecule has 0 aliphatic carbocycles. The summed E-state index contributed by atoms with van der Waals surface area (Å²) in [7, 11) is 0. The molecule has 0 bridgehead atoms. The second kappa shape index (κ2) is 4.63. The Kier molecular flexibility index (Phi) is 3.22. The molecule has 0 atom stereocenters. The Balaban J connectivity index is 1.67. The van der Waals surface area contributed by atoms with Gasteiger partial charge in [0.1, 0.15) is 0 Å². The largest absolute Gasteiger partial charge is 0.316 e. The van der Waals surface area contributed by atoms with Gasteiger partial charge in [0.2, 0.25) is 0 Å². The molecule has 0 amide bonds. The van der Waals surface area contributed by atoms with Gasteiger partial charge in [0, 0.05) is 18.1 Å². The lowest BCUT2D eigenvalue weighted by molar-refractivity contribution is 0.385. The van der Waals surface area contributed by atoms with Crippen molar-refractivity contribution in [2.75, 3.05) is 18.8 Å². The van der Waals surface area contributed by atoms with Crippen molar-refractivity contribution < 1.29 is 0 Å². The number of aromatic nitrogens is 1. The number of pyridine rings is 1. The van der Waals surface area contributed by atoms with Gasteiger partial charge in [-0.1, -0.05) is 6.07 Å². The second-order valence-corrected chi connectivity index (χ2v) is 4.43. The summed E-state index contributed by atoms with van der Waals surface area (Å²) in [6.45, 7) is 2.42. The summed E-state index contributed by atoms with van der Waals surface area (Å²) >= 11 is 2.01. The summed E-state index contributed by atoms with van der Waals surface area (Å²) in [6, 6.07) is 4.14. The number of hydrogen-bond acceptors (Lipinski definition) is 3. The molecule has 0 unspecified atom stereocenters. The molecule has 1 aromatic rings. The molecule has 2 heterocycles. The van der Waals surface area contributed by atoms with E-state index in [0.717, 1.165) is 11.7 Å². The van der Waals surface area contributed by atoms with Gasteiger partial charge in [0.25, 0.3) is 0 Å². The van der Waals surface area contributed by atoms with E-state index in [4.69, 9.17) is 0 Å². The average molecular weight is 194 g/mol. The topological polar surface area (TPSA) is 24.9 Å². The molecule has 1 aliphatic heterocycles. The Morgan fingerprint density at radius 1 is 1.54 bits per heavy atom. The van der Waals surface area contributed by atoms with Gasteiger partial charge in [0.05, 0.1) is 0 Å². The normalized spacial score (nSPS) is 16.9. The lowest BCUT2D eigenvalue weighted by Crippen LogP contribution is -2.43. The predicted molar refractivity (Wildman–Crippen MR) is 56.8 cm³/mol. The molecule has 1 saturated heterocycles. The zero-order chi connectivity index (χ0) is 8.93. The molecule has 3 heteroatoms. The van der Waals surface area contributed by atoms with Crippen molar-refractivity contribution in [3.05, 3.63) is 30.1 Å². The summed E-state index contributed by atoms with van der Waals surface area (Å²) in [5, 5.41) is 3.28. The van der Waals surface area contributed by atoms with Crippen molar-refractivity contribution in [1.82, 2.24) is 10.3 Å². The molecule has 1 N–H and O–H groups in total. The SMILES string of the molecule is c1cncc(CSCC2CNC2)c1. The van der Waals surface area contributed by atoms with Crippen LogP contribution in [0.4, 0.5) is 0 Å². The van der Waals surface area contributed by atoms with Gasteiger partial charge in [-0.25, -0.2) is 0 Å². The highest BCUT2D eigenvalue weighted by Gasteiger charge is 2.15. The fourth-order valence-electron chi connectivity index (χ4n) is 1.29. The number of rotatable bonds is 4. The van der Waals surface area contributed by atoms with Crippen molar-refractivity contribution in [3.8, 4) is 0 Å². The highest BCUT2D eigenvalue weighted by atomic mass is 32.2. The van der Waals surface area contributed by atoms with Crippen molar-refractivity contribution in [3.63, 3.8) is 0 Å². The highest BCUT2D eigenvalue weighted by Crippen LogP contribution is 2.16. The van der Waals surface area contributed by atoms with E-state index in [2.05, 4.69) is 16.4 Å². The van der Waals surface area contributed by atoms with Crippen molar-refractivity contribution >= 4 is 11.8 Å². The second-order valence-electron chi connectivity index (χ2n) is 3.40. The van der Waals surface area contributed by atoms with Gasteiger partial charge in [-0.05, 0) is 36.4 Å². The predicted octanol–water partition coefficient (Wildman–Crippen LogP) is 1.53. The summed E-state index contributed by atoms with van der Waals surface area (Å²) in [5.74, 6) is 3.29. The van der Waals surface area contributed by atoms with Crippen LogP contribution in [-0.4, -0.2) is 23.8 Å². The van der Waals surface area contributed by atoms with Crippen molar-refractivity contribution in [2.45, 2.75) is 5.75 Å². The van der Waals surface area contributed by atoms with E-state index in [-0.39, 0.29) is 0 Å². The minimum absolute atomic E-state index is 0.904. The van der Waals surface area contributed by atoms with Crippen LogP contribution in [0, 0.1) is 5.92 Å². The minimum atomic E-state index is 0.904. The zero-order valence-electron chi connectivity index (χ0n) is 7.57. The average Bonchev–Trinajstić information content (AvgIpc) is 2.11. The summed E-state index contributed by atoms with van der Waals surface area (Å²) < 4.78 is 0. The lowest BCUT2D eigenvalue weighted by atomic mass is 10.1. The summed E-state index contributed by atoms with van der Waals surface area (Å²) in [4.78, 5) is 4.09. The molecular weight excluding hydrogens is 180 g/mol. The molecule has 0 spiro atoms. The standard InChI is InChI=1S/C10H14N2S/c1-2-9(4-11-3-1)7-13-8-10-5-12-6-10/h1-4,10,12H,5-8H2. The molecule has 1 fully saturated rings. The molecule has 0 radical (unpaired) electrons. The minimum Gasteiger partial charge on any atom is -0.316 e. The highest BCUT2D eigenvalue weighted by molar-refractivity contribution is 7.98. The molecule has 0 saturated carbocycles. The van der Waals surface area contributed by atoms with E-state index in [1.165, 1.54) is 24.4 Å². The number of nitrogens with one attached hydrogen (secondary N) is 1. The monoisotopic (exact) mass is 194 g/mol. The van der Waals surface area contributed by atoms with Crippen LogP contribution in [0.25, 0.3) is 0 Å². The first kappa shape index (κ1) is 9.03. The van der Waals surface area contributed by atoms with Crippen LogP contribution in [0.5, 0.6) is 0 Å². The van der Waals surface area contributed by atoms with E-state index >= 15 is 0 Å². The van der Waals surface area contributed by atoms with E-state index in [1.807, 2.05) is 30.2 Å². The Labute approximate surface area is 83.1 Å². The van der Waals surface area contributed by atoms with Gasteiger partial charge < -0.3 is 5.32 Å². The Bertz CT molecular complexity index is 246. The Morgan fingerprint density at radius 3 is 3.08 bits per heavy atom. The molecule has 0 aromatic carbocycles. The third-order valence-electron chi connectivity index (χ3n) is 2.21. The molecule has 2 rings (SSSR count). The smallest absolute Gasteiger partial charge is 0.0308 e. The van der Waals surface area contributed by atoms with E-state index in [0.29, 0.717) is 0 Å². The summed E-state index contributed by atoms with van der Waals surface area (Å²) in [5.41, 5.74) is 1.33. The quantitative estimate of drug-likeness (QED) is 0.787. The van der Waals surface area contributed by atoms with Crippen LogP contribution in [0.1, 0.15) is 5.56 Å². The first-order chi connectivity index (χ1) is 6.45. The van der Waals surface area contributed by atoms with Crippen LogP contribution in [0.3, 0.4) is 0 Å². The van der Waals surface area contributed by atoms with E-state index in [9.17, 15) is 0 Å². The molecule has 1 aliphatic rings. The van der Waals surface area contributed by atoms with Crippen molar-refractivity contribution in [1.29, 1.82) is 0 Å². The maximum Gasteiger partial charge on any atom is 0.0308 e. The van der Waals surface area contributed by atoms with Crippen LogP contribution in [0.15, 0.2) is 24.5 Å². The van der Waals surface area contributed by atoms with Crippen LogP contribution in [-0.2, 0) is 5.75 Å². The summed E-state index contributed by atoms with van der Waals surface area (Å²) in [6.07, 6.45) is 3.77. The van der Waals surface area contributed by atoms with Gasteiger partial charge in [-0.2, -0.15) is 11.8 Å². The van der Waals surface area contributed by atoms with Crippen LogP contribution < -0.4 is 5.32 Å². The fraction of sp³-hybridized carbons (Fsp3) is 0.500. The maximum absolute atomic E-state index is 4.09. The molecule has 70 valence electrons. The van der Waals surface area contributed by atoms with E-state index < -0.39 is 0 Å². The first-order valence-electron chi connectivity index (χ1n) is 4.62. The lowest BCUT2D eigenvalue weighted by Gasteiger charge is -2.26. The third kappa shape index (κ3) is 2.71. The van der Waals surface area contributed by atoms with Gasteiger partial charge >= 0.3 is 0 Å². The van der Waals surface area contributed by atoms with Crippen molar-refractivity contribution in [2.24, 2.45) is 5.92 Å². The van der Waals surface area contributed by atoms with Crippen LogP contribution in [0.2, 0.25) is 0 Å². The van der Waals surface area contributed by atoms with Gasteiger partial charge in [0.15, 0.2) is 0 Å². The molecule has 2 nitrogen and oxygen atoms in total. The Morgan fingerprint density at radius 2 is 2.46 bits per heavy atom. The fourth-order valence-corrected chi connectivity index (χ4v) is 2.39. The Hall–Kier alpha value is -0.540. The third-order valence-corrected chi connectivity index (χ3v) is 3.46. The molecule has 13 heavy (non-hydrogen) atoms. The number of thioether (sulfide) groups is 1. The van der Waals surface area contributed by atoms with Crippen LogP contribution >= 0.6 is 11.8 Å². The van der Waals surface area contributed by atoms with Gasteiger partial charge in [-0.15, -0.1) is 0 Å². The van der Waals surface area contributed by atoms with E-state index in [1.54, 1.807) is 0 Å². The first-order valence-corrected chi connectivity index (χ1v) is 5.78.